The van der Waals surface area contributed by atoms with Gasteiger partial charge in [0, 0.05) is 6.20 Å². The molecular weight excluding hydrogens is 160 g/mol. The van der Waals surface area contributed by atoms with Crippen molar-refractivity contribution in [3.63, 3.8) is 0 Å². The van der Waals surface area contributed by atoms with Crippen molar-refractivity contribution in [3.05, 3.63) is 28.5 Å². The number of rotatable bonds is 0. The highest BCUT2D eigenvalue weighted by Gasteiger charge is 1.98. The molecule has 0 radical (unpaired) electrons. The molecule has 1 heterocycles. The maximum absolute atomic E-state index is 10.7. The maximum atomic E-state index is 10.7. The van der Waals surface area contributed by atoms with Gasteiger partial charge in [-0.3, -0.25) is 4.57 Å². The van der Waals surface area contributed by atoms with Gasteiger partial charge in [-0.2, -0.15) is 0 Å². The molecule has 0 aliphatic carbocycles. The van der Waals surface area contributed by atoms with Gasteiger partial charge in [0.1, 0.15) is 4.64 Å². The molecule has 0 aromatic carbocycles. The smallest absolute Gasteiger partial charge is 0.324 e. The molecule has 0 spiro atoms. The molecule has 1 amide bonds. The molecule has 0 fully saturated rings. The number of carbonyl (C=O) groups excluding carboxylic acids is 1. The van der Waals surface area contributed by atoms with Crippen LogP contribution in [-0.2, 0) is 0 Å². The van der Waals surface area contributed by atoms with Crippen molar-refractivity contribution in [3.8, 4) is 0 Å². The lowest BCUT2D eigenvalue weighted by Crippen LogP contribution is -2.20. The molecule has 0 bridgehead atoms. The third-order valence-corrected chi connectivity index (χ3v) is 1.89. The lowest BCUT2D eigenvalue weighted by Gasteiger charge is -2.01. The van der Waals surface area contributed by atoms with Crippen molar-refractivity contribution in [1.82, 2.24) is 4.57 Å². The highest BCUT2D eigenvalue weighted by Crippen LogP contribution is 1.99. The molecule has 2 N–H and O–H groups in total. The van der Waals surface area contributed by atoms with Gasteiger partial charge < -0.3 is 5.73 Å². The Balaban J connectivity index is 3.40. The van der Waals surface area contributed by atoms with Crippen LogP contribution in [0.1, 0.15) is 5.56 Å². The molecule has 0 aliphatic heterocycles. The number of nitrogens with zero attached hydrogens (tertiary/aromatic N) is 1. The number of primary amides is 1. The Morgan fingerprint density at radius 1 is 1.73 bits per heavy atom. The van der Waals surface area contributed by atoms with E-state index >= 15 is 0 Å². The van der Waals surface area contributed by atoms with Crippen molar-refractivity contribution < 1.29 is 4.79 Å². The Hall–Kier alpha value is -1.16. The van der Waals surface area contributed by atoms with Gasteiger partial charge in [0.2, 0.25) is 0 Å². The Kier molecular flexibility index (Phi) is 2.05. The van der Waals surface area contributed by atoms with E-state index < -0.39 is 6.03 Å². The molecular formula is C7H8N2OS. The van der Waals surface area contributed by atoms with Crippen LogP contribution in [-0.4, -0.2) is 10.6 Å². The molecule has 58 valence electrons. The second-order valence-electron chi connectivity index (χ2n) is 2.20. The summed E-state index contributed by atoms with van der Waals surface area (Å²) in [6.07, 6.45) is 1.55. The second kappa shape index (κ2) is 2.84. The van der Waals surface area contributed by atoms with Gasteiger partial charge in [0.25, 0.3) is 0 Å². The van der Waals surface area contributed by atoms with E-state index in [2.05, 4.69) is 0 Å². The topological polar surface area (TPSA) is 48.0 Å². The molecule has 0 saturated carbocycles. The summed E-state index contributed by atoms with van der Waals surface area (Å²) in [4.78, 5) is 10.7. The van der Waals surface area contributed by atoms with Crippen LogP contribution in [0.25, 0.3) is 0 Å². The quantitative estimate of drug-likeness (QED) is 0.596. The first-order chi connectivity index (χ1) is 5.13. The van der Waals surface area contributed by atoms with E-state index in [0.717, 1.165) is 5.56 Å². The zero-order chi connectivity index (χ0) is 8.43. The first-order valence-corrected chi connectivity index (χ1v) is 3.52. The fourth-order valence-electron chi connectivity index (χ4n) is 0.776. The summed E-state index contributed by atoms with van der Waals surface area (Å²) in [5.41, 5.74) is 5.92. The van der Waals surface area contributed by atoms with Crippen LogP contribution in [0.3, 0.4) is 0 Å². The Morgan fingerprint density at radius 3 is 2.82 bits per heavy atom. The molecule has 0 atom stereocenters. The molecule has 0 unspecified atom stereocenters. The highest BCUT2D eigenvalue weighted by atomic mass is 32.1. The van der Waals surface area contributed by atoms with E-state index in [1.54, 1.807) is 12.3 Å². The summed E-state index contributed by atoms with van der Waals surface area (Å²) in [5, 5.41) is 0. The van der Waals surface area contributed by atoms with Crippen molar-refractivity contribution in [2.24, 2.45) is 5.73 Å². The zero-order valence-electron chi connectivity index (χ0n) is 6.07. The fraction of sp³-hybridized carbons (Fsp3) is 0.143. The van der Waals surface area contributed by atoms with Crippen molar-refractivity contribution in [2.45, 2.75) is 6.92 Å². The molecule has 0 aliphatic rings. The van der Waals surface area contributed by atoms with E-state index in [4.69, 9.17) is 18.0 Å². The van der Waals surface area contributed by atoms with Crippen molar-refractivity contribution in [1.29, 1.82) is 0 Å². The molecule has 11 heavy (non-hydrogen) atoms. The molecule has 0 saturated heterocycles. The van der Waals surface area contributed by atoms with Gasteiger partial charge in [-0.25, -0.2) is 4.79 Å². The minimum Gasteiger partial charge on any atom is -0.351 e. The van der Waals surface area contributed by atoms with Crippen LogP contribution >= 0.6 is 12.2 Å². The number of aromatic nitrogens is 1. The number of pyridine rings is 1. The number of amides is 1. The molecule has 1 rings (SSSR count). The van der Waals surface area contributed by atoms with Crippen molar-refractivity contribution in [2.75, 3.05) is 0 Å². The maximum Gasteiger partial charge on any atom is 0.324 e. The van der Waals surface area contributed by atoms with Crippen LogP contribution in [0.15, 0.2) is 18.3 Å². The summed E-state index contributed by atoms with van der Waals surface area (Å²) in [5.74, 6) is 0. The summed E-state index contributed by atoms with van der Waals surface area (Å²) in [7, 11) is 0. The predicted molar refractivity (Wildman–Crippen MR) is 45.0 cm³/mol. The summed E-state index contributed by atoms with van der Waals surface area (Å²) in [6.45, 7) is 1.84. The SMILES string of the molecule is Cc1cccn(C(N)=O)c1=S. The van der Waals surface area contributed by atoms with Crippen LogP contribution in [0, 0.1) is 11.6 Å². The zero-order valence-corrected chi connectivity index (χ0v) is 6.89. The Bertz CT molecular complexity index is 343. The average molecular weight is 168 g/mol. The Labute approximate surface area is 69.5 Å². The van der Waals surface area contributed by atoms with E-state index in [0.29, 0.717) is 4.64 Å². The van der Waals surface area contributed by atoms with Crippen LogP contribution in [0.4, 0.5) is 4.79 Å². The van der Waals surface area contributed by atoms with Crippen LogP contribution < -0.4 is 5.73 Å². The number of nitrogens with two attached hydrogens (primary N) is 1. The normalized spacial score (nSPS) is 9.55. The standard InChI is InChI=1S/C7H8N2OS/c1-5-3-2-4-9(6(5)11)7(8)10/h2-4H,1H3,(H2,8,10). The minimum atomic E-state index is -0.543. The predicted octanol–water partition coefficient (Wildman–Crippen LogP) is 1.45. The molecule has 3 nitrogen and oxygen atoms in total. The van der Waals surface area contributed by atoms with Gasteiger partial charge in [0.15, 0.2) is 0 Å². The fourth-order valence-corrected chi connectivity index (χ4v) is 0.995. The van der Waals surface area contributed by atoms with E-state index in [9.17, 15) is 4.79 Å². The van der Waals surface area contributed by atoms with Gasteiger partial charge in [-0.1, -0.05) is 18.3 Å². The largest absolute Gasteiger partial charge is 0.351 e. The highest BCUT2D eigenvalue weighted by molar-refractivity contribution is 7.71. The number of carbonyl (C=O) groups is 1. The van der Waals surface area contributed by atoms with Crippen molar-refractivity contribution >= 4 is 18.2 Å². The van der Waals surface area contributed by atoms with Crippen LogP contribution in [0.5, 0.6) is 0 Å². The second-order valence-corrected chi connectivity index (χ2v) is 2.59. The lowest BCUT2D eigenvalue weighted by atomic mass is 10.3. The molecule has 1 aromatic rings. The monoisotopic (exact) mass is 168 g/mol. The molecule has 4 heteroatoms. The summed E-state index contributed by atoms with van der Waals surface area (Å²) < 4.78 is 1.71. The molecule has 1 aromatic heterocycles. The van der Waals surface area contributed by atoms with Gasteiger partial charge in [-0.05, 0) is 18.6 Å². The first kappa shape index (κ1) is 7.94. The van der Waals surface area contributed by atoms with Crippen LogP contribution in [0.2, 0.25) is 0 Å². The third kappa shape index (κ3) is 1.46. The van der Waals surface area contributed by atoms with E-state index in [1.807, 2.05) is 13.0 Å². The average Bonchev–Trinajstić information content (AvgIpc) is 1.94. The van der Waals surface area contributed by atoms with E-state index in [-0.39, 0.29) is 0 Å². The Morgan fingerprint density at radius 2 is 2.36 bits per heavy atom. The van der Waals surface area contributed by atoms with Gasteiger partial charge in [-0.15, -0.1) is 0 Å². The number of aryl methyl sites for hydroxylation is 1. The lowest BCUT2D eigenvalue weighted by molar-refractivity contribution is 0.250. The minimum absolute atomic E-state index is 0.472. The third-order valence-electron chi connectivity index (χ3n) is 1.37. The van der Waals surface area contributed by atoms with Gasteiger partial charge >= 0.3 is 6.03 Å². The number of hydrogen-bond acceptors (Lipinski definition) is 2. The number of hydrogen-bond donors (Lipinski definition) is 1. The van der Waals surface area contributed by atoms with Gasteiger partial charge in [0.05, 0.1) is 0 Å². The summed E-state index contributed by atoms with van der Waals surface area (Å²) in [6, 6.07) is 3.02. The summed E-state index contributed by atoms with van der Waals surface area (Å²) >= 11 is 4.93. The van der Waals surface area contributed by atoms with E-state index in [1.165, 1.54) is 4.57 Å². The first-order valence-electron chi connectivity index (χ1n) is 3.11.